The number of ether oxygens (including phenoxy) is 1. The van der Waals surface area contributed by atoms with E-state index in [2.05, 4.69) is 31.9 Å². The topological polar surface area (TPSA) is 66.8 Å². The van der Waals surface area contributed by atoms with Crippen molar-refractivity contribution in [1.29, 1.82) is 0 Å². The predicted octanol–water partition coefficient (Wildman–Crippen LogP) is 5.67. The van der Waals surface area contributed by atoms with Crippen LogP contribution in [0.5, 0.6) is 0 Å². The largest absolute Gasteiger partial charge is 0.399 e. The van der Waals surface area contributed by atoms with Crippen LogP contribution >= 0.6 is 39.5 Å². The monoisotopic (exact) mass is 510 g/mol. The summed E-state index contributed by atoms with van der Waals surface area (Å²) in [6.07, 6.45) is 3.72. The van der Waals surface area contributed by atoms with E-state index in [4.69, 9.17) is 14.5 Å². The number of rotatable bonds is 7. The fourth-order valence-corrected chi connectivity index (χ4v) is 3.65. The maximum Gasteiger partial charge on any atom is 0.399 e. The normalized spacial score (nSPS) is 12.7. The molecule has 0 spiro atoms. The van der Waals surface area contributed by atoms with Gasteiger partial charge in [-0.2, -0.15) is 8.78 Å². The summed E-state index contributed by atoms with van der Waals surface area (Å²) in [5.74, 6) is 0. The van der Waals surface area contributed by atoms with Gasteiger partial charge in [0.1, 0.15) is 0 Å². The van der Waals surface area contributed by atoms with E-state index < -0.39 is 18.8 Å². The number of halogens is 4. The molecule has 0 fully saturated rings. The van der Waals surface area contributed by atoms with Crippen LogP contribution in [0.1, 0.15) is 16.7 Å². The third-order valence-corrected chi connectivity index (χ3v) is 5.54. The minimum absolute atomic E-state index is 0.0858. The second-order valence-electron chi connectivity index (χ2n) is 5.37. The van der Waals surface area contributed by atoms with E-state index in [1.54, 1.807) is 0 Å². The molecule has 2 aromatic carbocycles. The molecule has 0 heterocycles. The molecule has 0 aromatic heterocycles. The van der Waals surface area contributed by atoms with Crippen molar-refractivity contribution in [2.75, 3.05) is 6.61 Å². The van der Waals surface area contributed by atoms with E-state index in [1.165, 1.54) is 12.1 Å². The first kappa shape index (κ1) is 21.4. The second-order valence-corrected chi connectivity index (χ2v) is 8.79. The van der Waals surface area contributed by atoms with Gasteiger partial charge in [-0.05, 0) is 29.3 Å². The average Bonchev–Trinajstić information content (AvgIpc) is 2.55. The molecular formula is C17H15Br2F2O4P. The molecule has 0 aliphatic rings. The van der Waals surface area contributed by atoms with Crippen LogP contribution < -0.4 is 0 Å². The van der Waals surface area contributed by atoms with E-state index in [9.17, 15) is 13.3 Å². The van der Waals surface area contributed by atoms with E-state index in [-0.39, 0.29) is 11.1 Å². The van der Waals surface area contributed by atoms with Gasteiger partial charge in [0, 0.05) is 14.5 Å². The Labute approximate surface area is 166 Å². The number of hydrogen-bond donors (Lipinski definition) is 2. The Kier molecular flexibility index (Phi) is 7.30. The molecule has 0 saturated carbocycles. The van der Waals surface area contributed by atoms with Gasteiger partial charge >= 0.3 is 13.3 Å². The Morgan fingerprint density at radius 1 is 1.12 bits per heavy atom. The van der Waals surface area contributed by atoms with Gasteiger partial charge in [-0.1, -0.05) is 68.3 Å². The summed E-state index contributed by atoms with van der Waals surface area (Å²) < 4.78 is 44.8. The van der Waals surface area contributed by atoms with Gasteiger partial charge in [0.2, 0.25) is 0 Å². The van der Waals surface area contributed by atoms with E-state index in [0.29, 0.717) is 12.2 Å². The minimum Gasteiger partial charge on any atom is -0.373 e. The maximum atomic E-state index is 13.8. The lowest BCUT2D eigenvalue weighted by Crippen LogP contribution is -2.14. The van der Waals surface area contributed by atoms with Gasteiger partial charge in [0.25, 0.3) is 0 Å². The Bertz CT molecular complexity index is 835. The standard InChI is InChI=1S/C17H15Br2F2O4P/c18-14-6-3-12(4-7-14)2-1-9-25-11-13-5-8-15(16(19)10-13)17(20,21)26(22,23)24/h1-8,10H,9,11H2,(H2,22,23,24). The molecule has 26 heavy (non-hydrogen) atoms. The zero-order valence-electron chi connectivity index (χ0n) is 13.3. The van der Waals surface area contributed by atoms with Crippen LogP contribution in [0.4, 0.5) is 8.78 Å². The maximum absolute atomic E-state index is 13.8. The highest BCUT2D eigenvalue weighted by Crippen LogP contribution is 2.60. The van der Waals surface area contributed by atoms with Gasteiger partial charge in [-0.15, -0.1) is 0 Å². The van der Waals surface area contributed by atoms with Crippen LogP contribution in [0.15, 0.2) is 57.5 Å². The van der Waals surface area contributed by atoms with Gasteiger partial charge in [-0.3, -0.25) is 4.57 Å². The highest BCUT2D eigenvalue weighted by atomic mass is 79.9. The molecule has 2 rings (SSSR count). The Hall–Kier alpha value is -0.890. The third-order valence-electron chi connectivity index (χ3n) is 3.39. The van der Waals surface area contributed by atoms with Crippen LogP contribution in [0.25, 0.3) is 6.08 Å². The quantitative estimate of drug-likeness (QED) is 0.371. The van der Waals surface area contributed by atoms with Crippen molar-refractivity contribution < 1.29 is 27.9 Å². The molecule has 4 nitrogen and oxygen atoms in total. The fraction of sp³-hybridized carbons (Fsp3) is 0.176. The molecule has 0 unspecified atom stereocenters. The van der Waals surface area contributed by atoms with Crippen molar-refractivity contribution in [2.45, 2.75) is 12.3 Å². The summed E-state index contributed by atoms with van der Waals surface area (Å²) in [7, 11) is -5.60. The molecule has 0 saturated heterocycles. The van der Waals surface area contributed by atoms with Crippen molar-refractivity contribution >= 4 is 45.5 Å². The predicted molar refractivity (Wildman–Crippen MR) is 103 cm³/mol. The number of alkyl halides is 2. The molecule has 9 heteroatoms. The smallest absolute Gasteiger partial charge is 0.373 e. The van der Waals surface area contributed by atoms with E-state index >= 15 is 0 Å². The lowest BCUT2D eigenvalue weighted by Gasteiger charge is -2.19. The van der Waals surface area contributed by atoms with Gasteiger partial charge in [0.15, 0.2) is 0 Å². The Balaban J connectivity index is 1.94. The molecule has 0 aliphatic carbocycles. The molecule has 2 N–H and O–H groups in total. The molecule has 0 atom stereocenters. The summed E-state index contributed by atoms with van der Waals surface area (Å²) in [5, 5.41) is 0. The molecular weight excluding hydrogens is 497 g/mol. The number of hydrogen-bond acceptors (Lipinski definition) is 2. The Morgan fingerprint density at radius 3 is 2.35 bits per heavy atom. The first-order valence-electron chi connectivity index (χ1n) is 7.33. The third kappa shape index (κ3) is 5.55. The fourth-order valence-electron chi connectivity index (χ4n) is 2.05. The average molecular weight is 512 g/mol. The summed E-state index contributed by atoms with van der Waals surface area (Å²) >= 11 is 6.29. The summed E-state index contributed by atoms with van der Waals surface area (Å²) in [6, 6.07) is 11.4. The Morgan fingerprint density at radius 2 is 1.77 bits per heavy atom. The molecule has 0 amide bonds. The van der Waals surface area contributed by atoms with Crippen molar-refractivity contribution in [3.8, 4) is 0 Å². The summed E-state index contributed by atoms with van der Waals surface area (Å²) in [6.45, 7) is 0.499. The van der Waals surface area contributed by atoms with Crippen molar-refractivity contribution in [3.05, 3.63) is 74.2 Å². The van der Waals surface area contributed by atoms with Crippen LogP contribution in [0.3, 0.4) is 0 Å². The summed E-state index contributed by atoms with van der Waals surface area (Å²) in [5.41, 5.74) is -3.40. The van der Waals surface area contributed by atoms with Crippen LogP contribution in [0.2, 0.25) is 0 Å². The van der Waals surface area contributed by atoms with E-state index in [1.807, 2.05) is 36.4 Å². The second kappa shape index (κ2) is 8.87. The van der Waals surface area contributed by atoms with Crippen LogP contribution in [-0.4, -0.2) is 16.4 Å². The minimum atomic E-state index is -5.60. The van der Waals surface area contributed by atoms with Crippen molar-refractivity contribution in [2.24, 2.45) is 0 Å². The molecule has 0 aliphatic heterocycles. The van der Waals surface area contributed by atoms with Crippen LogP contribution in [0, 0.1) is 0 Å². The lowest BCUT2D eigenvalue weighted by atomic mass is 10.1. The van der Waals surface area contributed by atoms with E-state index in [0.717, 1.165) is 16.1 Å². The molecule has 140 valence electrons. The van der Waals surface area contributed by atoms with Crippen LogP contribution in [-0.2, 0) is 21.6 Å². The van der Waals surface area contributed by atoms with Gasteiger partial charge in [0.05, 0.1) is 13.2 Å². The first-order valence-corrected chi connectivity index (χ1v) is 10.5. The zero-order chi connectivity index (χ0) is 19.4. The highest BCUT2D eigenvalue weighted by Gasteiger charge is 2.51. The number of benzene rings is 2. The summed E-state index contributed by atoms with van der Waals surface area (Å²) in [4.78, 5) is 17.6. The van der Waals surface area contributed by atoms with Crippen molar-refractivity contribution in [1.82, 2.24) is 0 Å². The van der Waals surface area contributed by atoms with Gasteiger partial charge < -0.3 is 14.5 Å². The SMILES string of the molecule is O=P(O)(O)C(F)(F)c1ccc(COCC=Cc2ccc(Br)cc2)cc1Br. The molecule has 2 aromatic rings. The lowest BCUT2D eigenvalue weighted by molar-refractivity contribution is 0.0556. The van der Waals surface area contributed by atoms with Crippen molar-refractivity contribution in [3.63, 3.8) is 0 Å². The molecule has 0 bridgehead atoms. The first-order chi connectivity index (χ1) is 12.1. The molecule has 0 radical (unpaired) electrons. The zero-order valence-corrected chi connectivity index (χ0v) is 17.3. The highest BCUT2D eigenvalue weighted by molar-refractivity contribution is 9.10. The van der Waals surface area contributed by atoms with Gasteiger partial charge in [-0.25, -0.2) is 0 Å².